The van der Waals surface area contributed by atoms with E-state index in [1.807, 2.05) is 0 Å². The van der Waals surface area contributed by atoms with Crippen LogP contribution in [-0.4, -0.2) is 202 Å². The first-order valence-corrected chi connectivity index (χ1v) is 18.3. The van der Waals surface area contributed by atoms with Crippen LogP contribution in [0.25, 0.3) is 0 Å². The molecule has 0 fully saturated rings. The number of carbonyl (C=O) groups excluding carboxylic acids is 2. The molecule has 0 aliphatic heterocycles. The van der Waals surface area contributed by atoms with Crippen LogP contribution in [0, 0.1) is 0 Å². The zero-order valence-electron chi connectivity index (χ0n) is 32.5. The van der Waals surface area contributed by atoms with E-state index in [9.17, 15) is 9.59 Å². The van der Waals surface area contributed by atoms with Gasteiger partial charge in [-0.3, -0.25) is 0 Å². The molecular weight excluding hydrogens is 720 g/mol. The number of aliphatic hydroxyl groups is 1. The number of hydrogen-bond acceptors (Lipinski definition) is 18. The lowest BCUT2D eigenvalue weighted by Gasteiger charge is -2.09. The fourth-order valence-electron chi connectivity index (χ4n) is 3.40. The number of esters is 2. The minimum atomic E-state index is -0.786. The van der Waals surface area contributed by atoms with Gasteiger partial charge in [-0.2, -0.15) is 0 Å². The lowest BCUT2D eigenvalue weighted by Crippen LogP contribution is -2.15. The predicted octanol–water partition coefficient (Wildman–Crippen LogP) is 0.761. The Labute approximate surface area is 320 Å². The standard InChI is InChI=1S/C36H66O18/c1-33(2)35(38)54-36(39)34(3)32-53-31-30-52-29-28-51-27-26-50-25-24-49-23-22-48-21-20-47-19-18-46-17-16-45-15-14-44-13-12-43-11-10-42-9-8-41-7-6-40-5-4-37/h32,37H,1,4-31H2,2-3H3. The largest absolute Gasteiger partial charge is 0.498 e. The molecule has 0 rings (SSSR count). The van der Waals surface area contributed by atoms with Crippen LogP contribution in [0.3, 0.4) is 0 Å². The Morgan fingerprint density at radius 2 is 0.611 bits per heavy atom. The quantitative estimate of drug-likeness (QED) is 0.0299. The molecule has 318 valence electrons. The highest BCUT2D eigenvalue weighted by molar-refractivity contribution is 6.00. The van der Waals surface area contributed by atoms with Crippen LogP contribution in [0.5, 0.6) is 0 Å². The third kappa shape index (κ3) is 41.0. The molecule has 0 aliphatic carbocycles. The second-order valence-corrected chi connectivity index (χ2v) is 10.8. The smallest absolute Gasteiger partial charge is 0.344 e. The SMILES string of the molecule is C=C(C)C(=O)OC(=O)C(C)=COCCOCCOCCOCCOCCOCCOCCOCCOCCOCCOCCOCCOCCOCCO. The van der Waals surface area contributed by atoms with E-state index >= 15 is 0 Å². The topological polar surface area (TPSA) is 193 Å². The molecule has 18 nitrogen and oxygen atoms in total. The Balaban J connectivity index is 3.17. The van der Waals surface area contributed by atoms with E-state index in [1.54, 1.807) is 0 Å². The Morgan fingerprint density at radius 3 is 0.833 bits per heavy atom. The number of carbonyl (C=O) groups is 2. The molecule has 0 bridgehead atoms. The van der Waals surface area contributed by atoms with Crippen molar-refractivity contribution in [1.29, 1.82) is 0 Å². The van der Waals surface area contributed by atoms with Gasteiger partial charge in [-0.25, -0.2) is 9.59 Å². The van der Waals surface area contributed by atoms with Gasteiger partial charge in [0.2, 0.25) is 0 Å². The van der Waals surface area contributed by atoms with Gasteiger partial charge in [0.1, 0.15) is 6.61 Å². The summed E-state index contributed by atoms with van der Waals surface area (Å²) in [7, 11) is 0. The average Bonchev–Trinajstić information content (AvgIpc) is 3.16. The molecule has 0 radical (unpaired) electrons. The maximum atomic E-state index is 11.7. The molecule has 1 N–H and O–H groups in total. The number of ether oxygens (including phenoxy) is 15. The number of rotatable bonds is 44. The molecule has 0 saturated carbocycles. The summed E-state index contributed by atoms with van der Waals surface area (Å²) in [4.78, 5) is 23.0. The van der Waals surface area contributed by atoms with E-state index < -0.39 is 11.9 Å². The van der Waals surface area contributed by atoms with Crippen molar-refractivity contribution < 1.29 is 85.7 Å². The first-order valence-electron chi connectivity index (χ1n) is 18.3. The highest BCUT2D eigenvalue weighted by Crippen LogP contribution is 2.01. The van der Waals surface area contributed by atoms with E-state index in [0.29, 0.717) is 172 Å². The summed E-state index contributed by atoms with van der Waals surface area (Å²) in [5.41, 5.74) is 0.292. The molecule has 0 heterocycles. The van der Waals surface area contributed by atoms with Gasteiger partial charge in [0, 0.05) is 5.57 Å². The summed E-state index contributed by atoms with van der Waals surface area (Å²) in [5.74, 6) is -1.56. The van der Waals surface area contributed by atoms with Crippen LogP contribution in [0.2, 0.25) is 0 Å². The van der Waals surface area contributed by atoms with Gasteiger partial charge >= 0.3 is 11.9 Å². The van der Waals surface area contributed by atoms with Crippen molar-refractivity contribution >= 4 is 11.9 Å². The molecule has 0 atom stereocenters. The van der Waals surface area contributed by atoms with Gasteiger partial charge in [0.05, 0.1) is 190 Å². The number of hydrogen-bond donors (Lipinski definition) is 1. The van der Waals surface area contributed by atoms with Crippen LogP contribution < -0.4 is 0 Å². The van der Waals surface area contributed by atoms with E-state index in [-0.39, 0.29) is 24.4 Å². The van der Waals surface area contributed by atoms with E-state index in [1.165, 1.54) is 20.1 Å². The third-order valence-corrected chi connectivity index (χ3v) is 6.16. The van der Waals surface area contributed by atoms with Crippen molar-refractivity contribution in [3.8, 4) is 0 Å². The summed E-state index contributed by atoms with van der Waals surface area (Å²) in [6.45, 7) is 18.5. The third-order valence-electron chi connectivity index (χ3n) is 6.16. The monoisotopic (exact) mass is 786 g/mol. The van der Waals surface area contributed by atoms with Gasteiger partial charge < -0.3 is 76.2 Å². The molecule has 0 aromatic rings. The van der Waals surface area contributed by atoms with Crippen molar-refractivity contribution in [3.05, 3.63) is 24.0 Å². The second-order valence-electron chi connectivity index (χ2n) is 10.8. The minimum Gasteiger partial charge on any atom is -0.498 e. The van der Waals surface area contributed by atoms with Crippen molar-refractivity contribution in [3.63, 3.8) is 0 Å². The van der Waals surface area contributed by atoms with E-state index in [2.05, 4.69) is 11.3 Å². The highest BCUT2D eigenvalue weighted by Gasteiger charge is 2.13. The summed E-state index contributed by atoms with van der Waals surface area (Å²) >= 11 is 0. The molecule has 0 aromatic carbocycles. The first-order chi connectivity index (χ1) is 26.5. The van der Waals surface area contributed by atoms with Gasteiger partial charge in [-0.05, 0) is 13.8 Å². The Morgan fingerprint density at radius 1 is 0.389 bits per heavy atom. The minimum absolute atomic E-state index is 0.0172. The summed E-state index contributed by atoms with van der Waals surface area (Å²) in [5, 5.41) is 8.59. The molecule has 54 heavy (non-hydrogen) atoms. The van der Waals surface area contributed by atoms with Gasteiger partial charge in [-0.1, -0.05) is 6.58 Å². The van der Waals surface area contributed by atoms with Gasteiger partial charge in [0.15, 0.2) is 0 Å². The van der Waals surface area contributed by atoms with Crippen LogP contribution >= 0.6 is 0 Å². The summed E-state index contributed by atoms with van der Waals surface area (Å²) in [6, 6.07) is 0. The molecule has 0 aliphatic rings. The lowest BCUT2D eigenvalue weighted by atomic mass is 10.3. The zero-order valence-corrected chi connectivity index (χ0v) is 32.5. The predicted molar refractivity (Wildman–Crippen MR) is 193 cm³/mol. The van der Waals surface area contributed by atoms with Gasteiger partial charge in [-0.15, -0.1) is 0 Å². The Kier molecular flexibility index (Phi) is 41.9. The van der Waals surface area contributed by atoms with Crippen LogP contribution in [-0.2, 0) is 80.6 Å². The molecule has 0 aromatic heterocycles. The summed E-state index contributed by atoms with van der Waals surface area (Å²) < 4.78 is 80.1. The summed E-state index contributed by atoms with van der Waals surface area (Å²) in [6.07, 6.45) is 1.22. The van der Waals surface area contributed by atoms with Gasteiger partial charge in [0.25, 0.3) is 0 Å². The Hall–Kier alpha value is -2.14. The van der Waals surface area contributed by atoms with Crippen molar-refractivity contribution in [2.24, 2.45) is 0 Å². The molecule has 18 heteroatoms. The van der Waals surface area contributed by atoms with E-state index in [0.717, 1.165) is 0 Å². The van der Waals surface area contributed by atoms with Crippen molar-refractivity contribution in [2.75, 3.05) is 185 Å². The molecule has 0 saturated heterocycles. The van der Waals surface area contributed by atoms with Crippen LogP contribution in [0.15, 0.2) is 24.0 Å². The maximum absolute atomic E-state index is 11.7. The molecule has 0 spiro atoms. The van der Waals surface area contributed by atoms with E-state index in [4.69, 9.17) is 71.4 Å². The fraction of sp³-hybridized carbons (Fsp3) is 0.833. The average molecular weight is 787 g/mol. The maximum Gasteiger partial charge on any atom is 0.344 e. The Bertz CT molecular complexity index is 875. The fourth-order valence-corrected chi connectivity index (χ4v) is 3.40. The first kappa shape index (κ1) is 51.9. The van der Waals surface area contributed by atoms with Crippen molar-refractivity contribution in [2.45, 2.75) is 13.8 Å². The van der Waals surface area contributed by atoms with Crippen LogP contribution in [0.1, 0.15) is 13.8 Å². The normalized spacial score (nSPS) is 11.6. The number of aliphatic hydroxyl groups excluding tert-OH is 1. The molecule has 0 unspecified atom stereocenters. The lowest BCUT2D eigenvalue weighted by molar-refractivity contribution is -0.154. The highest BCUT2D eigenvalue weighted by atomic mass is 16.6. The molecule has 0 amide bonds. The second kappa shape index (κ2) is 43.6. The zero-order chi connectivity index (χ0) is 39.4. The van der Waals surface area contributed by atoms with Crippen molar-refractivity contribution in [1.82, 2.24) is 0 Å². The molecular formula is C36H66O18. The van der Waals surface area contributed by atoms with Crippen LogP contribution in [0.4, 0.5) is 0 Å².